The van der Waals surface area contributed by atoms with Crippen LogP contribution in [0, 0.1) is 17.8 Å². The second-order valence-electron chi connectivity index (χ2n) is 7.41. The average molecular weight is 326 g/mol. The molecule has 1 aliphatic rings. The number of ether oxygens (including phenoxy) is 1. The molecule has 1 amide bonds. The Balaban J connectivity index is 2.65. The number of amides is 1. The third kappa shape index (κ3) is 5.11. The van der Waals surface area contributed by atoms with E-state index in [0.29, 0.717) is 19.4 Å². The summed E-state index contributed by atoms with van der Waals surface area (Å²) in [4.78, 5) is 14.2. The van der Waals surface area contributed by atoms with E-state index in [1.807, 2.05) is 20.8 Å². The number of aliphatic hydroxyl groups excluding tert-OH is 1. The van der Waals surface area contributed by atoms with Gasteiger partial charge in [-0.1, -0.05) is 19.6 Å². The molecule has 0 spiro atoms. The summed E-state index contributed by atoms with van der Waals surface area (Å²) in [6.07, 6.45) is -0.0140. The fourth-order valence-corrected chi connectivity index (χ4v) is 3.32. The number of carbonyl (C=O) groups excluding carboxylic acids is 1. The lowest BCUT2D eigenvalue weighted by Crippen LogP contribution is -2.43. The van der Waals surface area contributed by atoms with Crippen LogP contribution in [-0.2, 0) is 9.53 Å². The van der Waals surface area contributed by atoms with Crippen molar-refractivity contribution in [2.75, 3.05) is 6.61 Å². The molecule has 0 aliphatic carbocycles. The molecule has 1 heterocycles. The maximum Gasteiger partial charge on any atom is 0.230 e. The zero-order valence-corrected chi connectivity index (χ0v) is 15.8. The minimum Gasteiger partial charge on any atom is -0.388 e. The predicted octanol–water partition coefficient (Wildman–Crippen LogP) is 2.70. The molecule has 0 bridgehead atoms. The average Bonchev–Trinajstić information content (AvgIpc) is 2.61. The van der Waals surface area contributed by atoms with Crippen molar-refractivity contribution in [2.45, 2.75) is 77.7 Å². The van der Waals surface area contributed by atoms with Crippen LogP contribution in [0.5, 0.6) is 0 Å². The summed E-state index contributed by atoms with van der Waals surface area (Å²) in [7, 11) is -1.13. The third-order valence-electron chi connectivity index (χ3n) is 3.77. The summed E-state index contributed by atoms with van der Waals surface area (Å²) in [5, 5.41) is 10.4. The van der Waals surface area contributed by atoms with Gasteiger partial charge in [-0.25, -0.2) is 0 Å². The molecule has 0 aromatic heterocycles. The molecule has 1 rings (SSSR count). The van der Waals surface area contributed by atoms with E-state index in [1.165, 1.54) is 0 Å². The Kier molecular flexibility index (Phi) is 7.11. The minimum atomic E-state index is -1.13. The van der Waals surface area contributed by atoms with Crippen molar-refractivity contribution in [3.63, 3.8) is 0 Å². The highest BCUT2D eigenvalue weighted by atomic mass is 28.3. The van der Waals surface area contributed by atoms with Crippen LogP contribution in [0.15, 0.2) is 0 Å². The Morgan fingerprint density at radius 1 is 1.32 bits per heavy atom. The van der Waals surface area contributed by atoms with Crippen LogP contribution in [0.4, 0.5) is 0 Å². The van der Waals surface area contributed by atoms with Crippen molar-refractivity contribution in [1.82, 2.24) is 4.90 Å². The van der Waals surface area contributed by atoms with Gasteiger partial charge in [-0.3, -0.25) is 4.79 Å². The second-order valence-corrected chi connectivity index (χ2v) is 12.9. The van der Waals surface area contributed by atoms with Crippen molar-refractivity contribution >= 4 is 14.0 Å². The third-order valence-corrected chi connectivity index (χ3v) is 5.01. The van der Waals surface area contributed by atoms with E-state index in [1.54, 1.807) is 4.90 Å². The molecule has 1 aliphatic heterocycles. The topological polar surface area (TPSA) is 49.8 Å². The van der Waals surface area contributed by atoms with Crippen molar-refractivity contribution in [1.29, 1.82) is 0 Å². The molecule has 1 unspecified atom stereocenters. The Labute approximate surface area is 136 Å². The molecule has 1 N–H and O–H groups in total. The van der Waals surface area contributed by atoms with Crippen LogP contribution < -0.4 is 0 Å². The summed E-state index contributed by atoms with van der Waals surface area (Å²) < 4.78 is 5.59. The number of aliphatic hydroxyl groups is 1. The summed E-state index contributed by atoms with van der Waals surface area (Å²) in [5.41, 5.74) is 0. The van der Waals surface area contributed by atoms with Gasteiger partial charge in [-0.2, -0.15) is 0 Å². The monoisotopic (exact) mass is 325 g/mol. The number of likely N-dealkylation sites (tertiary alicyclic amines) is 1. The van der Waals surface area contributed by atoms with E-state index >= 15 is 0 Å². The largest absolute Gasteiger partial charge is 0.388 e. The lowest BCUT2D eigenvalue weighted by Gasteiger charge is -2.29. The zero-order valence-electron chi connectivity index (χ0n) is 14.8. The van der Waals surface area contributed by atoms with Crippen LogP contribution in [0.25, 0.3) is 0 Å². The van der Waals surface area contributed by atoms with Gasteiger partial charge in [0.1, 0.15) is 6.10 Å². The molecule has 1 saturated heterocycles. The number of rotatable bonds is 6. The number of hydrogen-bond acceptors (Lipinski definition) is 3. The summed E-state index contributed by atoms with van der Waals surface area (Å²) in [6, 6.07) is 1.01. The van der Waals surface area contributed by atoms with E-state index in [-0.39, 0.29) is 17.9 Å². The quantitative estimate of drug-likeness (QED) is 0.603. The Morgan fingerprint density at radius 3 is 2.45 bits per heavy atom. The van der Waals surface area contributed by atoms with E-state index in [9.17, 15) is 9.90 Å². The standard InChI is InChI=1S/C17H31NO3Si/c1-7-21-17-15(19)14(16(20)18(17)13(2)3)11-9-8-10-12-22(4,5)6/h13-15,17,19H,7,9,11-12H2,1-6H3/t14-,15-,17?/m0/s1. The van der Waals surface area contributed by atoms with Crippen LogP contribution >= 0.6 is 0 Å². The lowest BCUT2D eigenvalue weighted by atomic mass is 9.99. The predicted molar refractivity (Wildman–Crippen MR) is 92.1 cm³/mol. The van der Waals surface area contributed by atoms with Crippen molar-refractivity contribution in [2.24, 2.45) is 5.92 Å². The molecule has 0 saturated carbocycles. The number of carbonyl (C=O) groups is 1. The first-order chi connectivity index (χ1) is 10.2. The van der Waals surface area contributed by atoms with Crippen molar-refractivity contribution in [3.8, 4) is 11.8 Å². The highest BCUT2D eigenvalue weighted by Gasteiger charge is 2.48. The minimum absolute atomic E-state index is 0.00653. The van der Waals surface area contributed by atoms with Gasteiger partial charge >= 0.3 is 0 Å². The van der Waals surface area contributed by atoms with Crippen LogP contribution in [0.2, 0.25) is 25.7 Å². The van der Waals surface area contributed by atoms with Gasteiger partial charge in [0, 0.05) is 25.1 Å². The lowest BCUT2D eigenvalue weighted by molar-refractivity contribution is -0.143. The van der Waals surface area contributed by atoms with Crippen molar-refractivity contribution in [3.05, 3.63) is 0 Å². The van der Waals surface area contributed by atoms with Gasteiger partial charge in [0.15, 0.2) is 6.23 Å². The first kappa shape index (κ1) is 19.2. The molecular formula is C17H31NO3Si. The zero-order chi connectivity index (χ0) is 16.9. The molecule has 0 aromatic carbocycles. The molecular weight excluding hydrogens is 294 g/mol. The van der Waals surface area contributed by atoms with E-state index < -0.39 is 20.4 Å². The molecule has 1 fully saturated rings. The summed E-state index contributed by atoms with van der Waals surface area (Å²) in [5.74, 6) is 5.99. The fourth-order valence-electron chi connectivity index (χ4n) is 2.66. The Bertz CT molecular complexity index is 433. The van der Waals surface area contributed by atoms with Gasteiger partial charge < -0.3 is 14.7 Å². The van der Waals surface area contributed by atoms with Crippen molar-refractivity contribution < 1.29 is 14.6 Å². The smallest absolute Gasteiger partial charge is 0.230 e. The SMILES string of the molecule is CCOC1[C@@H](O)[C@H](CCC#CC[Si](C)(C)C)C(=O)N1C(C)C. The first-order valence-electron chi connectivity index (χ1n) is 8.26. The van der Waals surface area contributed by atoms with E-state index in [2.05, 4.69) is 31.5 Å². The molecule has 4 nitrogen and oxygen atoms in total. The molecule has 126 valence electrons. The summed E-state index contributed by atoms with van der Waals surface area (Å²) in [6.45, 7) is 13.1. The van der Waals surface area contributed by atoms with E-state index in [4.69, 9.17) is 4.74 Å². The molecule has 0 radical (unpaired) electrons. The second kappa shape index (κ2) is 8.14. The normalized spacial score (nSPS) is 25.5. The summed E-state index contributed by atoms with van der Waals surface area (Å²) >= 11 is 0. The maximum atomic E-state index is 12.5. The van der Waals surface area contributed by atoms with Gasteiger partial charge in [0.2, 0.25) is 5.91 Å². The molecule has 0 aromatic rings. The van der Waals surface area contributed by atoms with Gasteiger partial charge in [0.25, 0.3) is 0 Å². The van der Waals surface area contributed by atoms with Crippen LogP contribution in [0.3, 0.4) is 0 Å². The fraction of sp³-hybridized carbons (Fsp3) is 0.824. The van der Waals surface area contributed by atoms with Gasteiger partial charge in [0.05, 0.1) is 14.0 Å². The Hall–Kier alpha value is -0.833. The highest BCUT2D eigenvalue weighted by Crippen LogP contribution is 2.31. The van der Waals surface area contributed by atoms with Gasteiger partial charge in [-0.05, 0) is 27.2 Å². The molecule has 22 heavy (non-hydrogen) atoms. The Morgan fingerprint density at radius 2 is 1.95 bits per heavy atom. The molecule has 5 heteroatoms. The first-order valence-corrected chi connectivity index (χ1v) is 12.0. The number of hydrogen-bond donors (Lipinski definition) is 1. The maximum absolute atomic E-state index is 12.5. The van der Waals surface area contributed by atoms with Crippen LogP contribution in [-0.4, -0.2) is 49.0 Å². The van der Waals surface area contributed by atoms with E-state index in [0.717, 1.165) is 6.04 Å². The van der Waals surface area contributed by atoms with Crippen LogP contribution in [0.1, 0.15) is 33.6 Å². The van der Waals surface area contributed by atoms with Gasteiger partial charge in [-0.15, -0.1) is 11.8 Å². The highest BCUT2D eigenvalue weighted by molar-refractivity contribution is 6.76. The molecule has 3 atom stereocenters. The number of nitrogens with zero attached hydrogens (tertiary/aromatic N) is 1.